The molecule has 0 fully saturated rings. The first kappa shape index (κ1) is 20.0. The summed E-state index contributed by atoms with van der Waals surface area (Å²) in [5.41, 5.74) is 4.52. The normalized spacial score (nSPS) is 11.9. The molecule has 0 aliphatic carbocycles. The lowest BCUT2D eigenvalue weighted by Crippen LogP contribution is -2.06. The number of esters is 1. The summed E-state index contributed by atoms with van der Waals surface area (Å²) < 4.78 is 12.6. The van der Waals surface area contributed by atoms with Crippen LogP contribution in [0.4, 0.5) is 0 Å². The monoisotopic (exact) mass is 398 g/mol. The van der Waals surface area contributed by atoms with Gasteiger partial charge in [-0.2, -0.15) is 5.10 Å². The van der Waals surface area contributed by atoms with Crippen LogP contribution < -0.4 is 4.74 Å². The molecule has 0 aliphatic rings. The van der Waals surface area contributed by atoms with Crippen LogP contribution in [0.3, 0.4) is 0 Å². The van der Waals surface area contributed by atoms with Crippen molar-refractivity contribution >= 4 is 17.6 Å². The number of carbonyl (C=O) groups is 1. The summed E-state index contributed by atoms with van der Waals surface area (Å²) in [5, 5.41) is 4.17. The SMILES string of the molecule is COC(=O)C[C@H](Cl)c1cccc(-n2nc(C)c(OCc3ccccc3)c2C)c1. The molecule has 5 nitrogen and oxygen atoms in total. The summed E-state index contributed by atoms with van der Waals surface area (Å²) in [5.74, 6) is 0.430. The van der Waals surface area contributed by atoms with Gasteiger partial charge in [-0.1, -0.05) is 42.5 Å². The smallest absolute Gasteiger partial charge is 0.307 e. The van der Waals surface area contributed by atoms with Gasteiger partial charge in [0.1, 0.15) is 12.3 Å². The van der Waals surface area contributed by atoms with E-state index in [0.29, 0.717) is 6.61 Å². The van der Waals surface area contributed by atoms with Gasteiger partial charge in [0.15, 0.2) is 5.75 Å². The Morgan fingerprint density at radius 2 is 1.89 bits per heavy atom. The van der Waals surface area contributed by atoms with Gasteiger partial charge in [0.25, 0.3) is 0 Å². The molecule has 0 saturated heterocycles. The van der Waals surface area contributed by atoms with Crippen LogP contribution in [-0.2, 0) is 16.1 Å². The Balaban J connectivity index is 1.82. The number of benzene rings is 2. The fraction of sp³-hybridized carbons (Fsp3) is 0.273. The van der Waals surface area contributed by atoms with Gasteiger partial charge in [-0.25, -0.2) is 4.68 Å². The zero-order valence-electron chi connectivity index (χ0n) is 16.2. The topological polar surface area (TPSA) is 53.4 Å². The summed E-state index contributed by atoms with van der Waals surface area (Å²) in [4.78, 5) is 11.5. The number of nitrogens with zero attached hydrogens (tertiary/aromatic N) is 2. The number of carbonyl (C=O) groups excluding carboxylic acids is 1. The Labute approximate surface area is 169 Å². The minimum atomic E-state index is -0.460. The van der Waals surface area contributed by atoms with Crippen molar-refractivity contribution < 1.29 is 14.3 Å². The number of hydrogen-bond donors (Lipinski definition) is 0. The molecule has 146 valence electrons. The van der Waals surface area contributed by atoms with Gasteiger partial charge in [0.2, 0.25) is 0 Å². The molecule has 3 rings (SSSR count). The van der Waals surface area contributed by atoms with Gasteiger partial charge >= 0.3 is 5.97 Å². The third-order valence-electron chi connectivity index (χ3n) is 4.50. The van der Waals surface area contributed by atoms with E-state index < -0.39 is 5.38 Å². The van der Waals surface area contributed by atoms with Gasteiger partial charge in [0, 0.05) is 0 Å². The summed E-state index contributed by atoms with van der Waals surface area (Å²) in [6.07, 6.45) is 0.115. The Bertz CT molecular complexity index is 954. The lowest BCUT2D eigenvalue weighted by atomic mass is 10.1. The van der Waals surface area contributed by atoms with Gasteiger partial charge in [-0.05, 0) is 37.1 Å². The Morgan fingerprint density at radius 3 is 2.61 bits per heavy atom. The van der Waals surface area contributed by atoms with Crippen molar-refractivity contribution in [2.75, 3.05) is 7.11 Å². The van der Waals surface area contributed by atoms with E-state index in [1.54, 1.807) is 0 Å². The van der Waals surface area contributed by atoms with Crippen LogP contribution in [0.25, 0.3) is 5.69 Å². The summed E-state index contributed by atoms with van der Waals surface area (Å²) in [6.45, 7) is 4.38. The number of alkyl halides is 1. The lowest BCUT2D eigenvalue weighted by molar-refractivity contribution is -0.140. The quantitative estimate of drug-likeness (QED) is 0.419. The predicted molar refractivity (Wildman–Crippen MR) is 109 cm³/mol. The average molecular weight is 399 g/mol. The van der Waals surface area contributed by atoms with Crippen LogP contribution in [0.1, 0.15) is 34.3 Å². The molecule has 1 atom stereocenters. The molecule has 0 spiro atoms. The fourth-order valence-electron chi connectivity index (χ4n) is 3.02. The molecule has 0 bridgehead atoms. The molecular formula is C22H23ClN2O3. The van der Waals surface area contributed by atoms with Gasteiger partial charge in [0.05, 0.1) is 30.3 Å². The number of aryl methyl sites for hydroxylation is 1. The minimum absolute atomic E-state index is 0.115. The van der Waals surface area contributed by atoms with Crippen molar-refractivity contribution in [2.45, 2.75) is 32.3 Å². The molecule has 28 heavy (non-hydrogen) atoms. The maximum absolute atomic E-state index is 11.5. The molecule has 0 N–H and O–H groups in total. The largest absolute Gasteiger partial charge is 0.485 e. The number of ether oxygens (including phenoxy) is 2. The molecule has 0 unspecified atom stereocenters. The molecule has 6 heteroatoms. The van der Waals surface area contributed by atoms with E-state index in [1.807, 2.05) is 73.1 Å². The van der Waals surface area contributed by atoms with E-state index >= 15 is 0 Å². The molecule has 3 aromatic rings. The third kappa shape index (κ3) is 4.54. The highest BCUT2D eigenvalue weighted by Crippen LogP contribution is 2.29. The first-order valence-electron chi connectivity index (χ1n) is 9.03. The van der Waals surface area contributed by atoms with Crippen LogP contribution in [0, 0.1) is 13.8 Å². The summed E-state index contributed by atoms with van der Waals surface area (Å²) >= 11 is 6.38. The molecule has 1 aromatic heterocycles. The Morgan fingerprint density at radius 1 is 1.14 bits per heavy atom. The molecule has 1 heterocycles. The zero-order chi connectivity index (χ0) is 20.1. The van der Waals surface area contributed by atoms with Gasteiger partial charge in [-0.3, -0.25) is 4.79 Å². The second-order valence-electron chi connectivity index (χ2n) is 6.53. The van der Waals surface area contributed by atoms with Crippen molar-refractivity contribution in [3.63, 3.8) is 0 Å². The van der Waals surface area contributed by atoms with Crippen LogP contribution in [0.2, 0.25) is 0 Å². The van der Waals surface area contributed by atoms with Gasteiger partial charge < -0.3 is 9.47 Å². The number of halogens is 1. The molecule has 0 radical (unpaired) electrons. The maximum Gasteiger partial charge on any atom is 0.307 e. The number of hydrogen-bond acceptors (Lipinski definition) is 4. The Hall–Kier alpha value is -2.79. The van der Waals surface area contributed by atoms with E-state index in [-0.39, 0.29) is 12.4 Å². The predicted octanol–water partition coefficient (Wildman–Crippen LogP) is 4.91. The molecule has 0 aliphatic heterocycles. The number of rotatable bonds is 7. The molecule has 2 aromatic carbocycles. The Kier molecular flexibility index (Phi) is 6.37. The lowest BCUT2D eigenvalue weighted by Gasteiger charge is -2.12. The standard InChI is InChI=1S/C22H23ClN2O3/c1-15-22(28-14-17-8-5-4-6-9-17)16(2)25(24-15)19-11-7-10-18(12-19)20(23)13-21(26)27-3/h4-12,20H,13-14H2,1-3H3/t20-/m0/s1. The molecule has 0 saturated carbocycles. The number of aromatic nitrogens is 2. The highest BCUT2D eigenvalue weighted by atomic mass is 35.5. The van der Waals surface area contributed by atoms with E-state index in [4.69, 9.17) is 21.1 Å². The van der Waals surface area contributed by atoms with Crippen molar-refractivity contribution in [3.05, 3.63) is 77.1 Å². The summed E-state index contributed by atoms with van der Waals surface area (Å²) in [7, 11) is 1.36. The second-order valence-corrected chi connectivity index (χ2v) is 7.06. The van der Waals surface area contributed by atoms with Crippen LogP contribution in [0.5, 0.6) is 5.75 Å². The first-order valence-corrected chi connectivity index (χ1v) is 9.47. The molecular weight excluding hydrogens is 376 g/mol. The number of methoxy groups -OCH3 is 1. The van der Waals surface area contributed by atoms with Gasteiger partial charge in [-0.15, -0.1) is 11.6 Å². The first-order chi connectivity index (χ1) is 13.5. The van der Waals surface area contributed by atoms with E-state index in [2.05, 4.69) is 5.10 Å². The van der Waals surface area contributed by atoms with Crippen LogP contribution in [-0.4, -0.2) is 22.9 Å². The van der Waals surface area contributed by atoms with Crippen molar-refractivity contribution in [3.8, 4) is 11.4 Å². The molecule has 0 amide bonds. The average Bonchev–Trinajstić information content (AvgIpc) is 3.00. The zero-order valence-corrected chi connectivity index (χ0v) is 16.9. The van der Waals surface area contributed by atoms with Crippen molar-refractivity contribution in [1.82, 2.24) is 9.78 Å². The van der Waals surface area contributed by atoms with Crippen molar-refractivity contribution in [1.29, 1.82) is 0 Å². The maximum atomic E-state index is 11.5. The highest BCUT2D eigenvalue weighted by molar-refractivity contribution is 6.21. The minimum Gasteiger partial charge on any atom is -0.485 e. The van der Waals surface area contributed by atoms with Crippen LogP contribution >= 0.6 is 11.6 Å². The fourth-order valence-corrected chi connectivity index (χ4v) is 3.28. The third-order valence-corrected chi connectivity index (χ3v) is 4.91. The van der Waals surface area contributed by atoms with Crippen LogP contribution in [0.15, 0.2) is 54.6 Å². The summed E-state index contributed by atoms with van der Waals surface area (Å²) in [6, 6.07) is 17.7. The highest BCUT2D eigenvalue weighted by Gasteiger charge is 2.17. The van der Waals surface area contributed by atoms with E-state index in [0.717, 1.165) is 34.0 Å². The van der Waals surface area contributed by atoms with E-state index in [9.17, 15) is 4.79 Å². The van der Waals surface area contributed by atoms with E-state index in [1.165, 1.54) is 7.11 Å². The second kappa shape index (κ2) is 8.93. The van der Waals surface area contributed by atoms with Crippen molar-refractivity contribution in [2.24, 2.45) is 0 Å².